The second kappa shape index (κ2) is 7.18. The highest BCUT2D eigenvalue weighted by Crippen LogP contribution is 2.20. The largest absolute Gasteiger partial charge is 0.378 e. The maximum absolute atomic E-state index is 4.70. The molecule has 122 valence electrons. The van der Waals surface area contributed by atoms with Crippen molar-refractivity contribution in [3.05, 3.63) is 78.1 Å². The molecule has 0 radical (unpaired) electrons. The first-order chi connectivity index (χ1) is 11.7. The summed E-state index contributed by atoms with van der Waals surface area (Å²) in [5, 5.41) is 0. The fourth-order valence-electron chi connectivity index (χ4n) is 2.72. The molecule has 24 heavy (non-hydrogen) atoms. The molecule has 2 aromatic carbocycles. The predicted molar refractivity (Wildman–Crippen MR) is 103 cm³/mol. The molecule has 3 heteroatoms. The minimum Gasteiger partial charge on any atom is -0.378 e. The SMILES string of the molecule is CCc1ccccc1N=Cc1cccn1-c1ccc(N(C)C)cc1. The highest BCUT2D eigenvalue weighted by Gasteiger charge is 2.03. The molecule has 0 aliphatic rings. The Morgan fingerprint density at radius 2 is 1.71 bits per heavy atom. The zero-order valence-electron chi connectivity index (χ0n) is 14.5. The van der Waals surface area contributed by atoms with E-state index < -0.39 is 0 Å². The molecular formula is C21H23N3. The van der Waals surface area contributed by atoms with E-state index in [9.17, 15) is 0 Å². The predicted octanol–water partition coefficient (Wildman–Crippen LogP) is 4.86. The first kappa shape index (κ1) is 16.1. The highest BCUT2D eigenvalue weighted by molar-refractivity contribution is 5.81. The van der Waals surface area contributed by atoms with Crippen LogP contribution in [-0.4, -0.2) is 24.9 Å². The minimum atomic E-state index is 0.987. The number of hydrogen-bond acceptors (Lipinski definition) is 2. The topological polar surface area (TPSA) is 20.5 Å². The molecule has 3 aromatic rings. The van der Waals surface area contributed by atoms with Gasteiger partial charge in [-0.05, 0) is 54.4 Å². The second-order valence-electron chi connectivity index (χ2n) is 5.95. The number of hydrogen-bond donors (Lipinski definition) is 0. The van der Waals surface area contributed by atoms with Crippen molar-refractivity contribution in [2.45, 2.75) is 13.3 Å². The van der Waals surface area contributed by atoms with Crippen LogP contribution in [0.1, 0.15) is 18.2 Å². The van der Waals surface area contributed by atoms with Gasteiger partial charge >= 0.3 is 0 Å². The number of nitrogens with zero attached hydrogens (tertiary/aromatic N) is 3. The molecule has 0 amide bonds. The van der Waals surface area contributed by atoms with Gasteiger partial charge in [-0.2, -0.15) is 0 Å². The van der Waals surface area contributed by atoms with Gasteiger partial charge < -0.3 is 9.47 Å². The van der Waals surface area contributed by atoms with E-state index in [0.717, 1.165) is 23.5 Å². The maximum Gasteiger partial charge on any atom is 0.0662 e. The summed E-state index contributed by atoms with van der Waals surface area (Å²) in [4.78, 5) is 6.80. The van der Waals surface area contributed by atoms with Crippen LogP contribution in [0, 0.1) is 0 Å². The van der Waals surface area contributed by atoms with Gasteiger partial charge in [0.2, 0.25) is 0 Å². The Morgan fingerprint density at radius 3 is 2.42 bits per heavy atom. The summed E-state index contributed by atoms with van der Waals surface area (Å²) in [6, 6.07) is 20.9. The van der Waals surface area contributed by atoms with Gasteiger partial charge in [0.05, 0.1) is 17.6 Å². The maximum atomic E-state index is 4.70. The first-order valence-electron chi connectivity index (χ1n) is 8.26. The van der Waals surface area contributed by atoms with Gasteiger partial charge in [-0.15, -0.1) is 0 Å². The van der Waals surface area contributed by atoms with Crippen molar-refractivity contribution in [3.8, 4) is 5.69 Å². The Hall–Kier alpha value is -2.81. The van der Waals surface area contributed by atoms with Gasteiger partial charge in [-0.25, -0.2) is 0 Å². The van der Waals surface area contributed by atoms with Crippen molar-refractivity contribution < 1.29 is 0 Å². The van der Waals surface area contributed by atoms with Crippen molar-refractivity contribution in [2.24, 2.45) is 4.99 Å². The molecule has 0 bridgehead atoms. The Balaban J connectivity index is 1.89. The van der Waals surface area contributed by atoms with Crippen molar-refractivity contribution >= 4 is 17.6 Å². The molecule has 0 aliphatic heterocycles. The van der Waals surface area contributed by atoms with E-state index in [0.29, 0.717) is 0 Å². The molecule has 0 spiro atoms. The molecular weight excluding hydrogens is 294 g/mol. The van der Waals surface area contributed by atoms with Crippen LogP contribution in [0.25, 0.3) is 5.69 Å². The summed E-state index contributed by atoms with van der Waals surface area (Å²) in [7, 11) is 4.10. The number of benzene rings is 2. The lowest BCUT2D eigenvalue weighted by molar-refractivity contribution is 1.06. The Kier molecular flexibility index (Phi) is 4.80. The molecule has 3 nitrogen and oxygen atoms in total. The van der Waals surface area contributed by atoms with Crippen LogP contribution in [0.3, 0.4) is 0 Å². The molecule has 0 unspecified atom stereocenters. The summed E-state index contributed by atoms with van der Waals surface area (Å²) in [5.41, 5.74) is 5.70. The summed E-state index contributed by atoms with van der Waals surface area (Å²) < 4.78 is 2.15. The smallest absolute Gasteiger partial charge is 0.0662 e. The van der Waals surface area contributed by atoms with Crippen molar-refractivity contribution in [1.29, 1.82) is 0 Å². The van der Waals surface area contributed by atoms with Crippen LogP contribution in [0.15, 0.2) is 71.9 Å². The number of rotatable bonds is 5. The van der Waals surface area contributed by atoms with E-state index in [1.807, 2.05) is 32.4 Å². The van der Waals surface area contributed by atoms with Crippen molar-refractivity contribution in [1.82, 2.24) is 4.57 Å². The normalized spacial score (nSPS) is 11.1. The van der Waals surface area contributed by atoms with E-state index >= 15 is 0 Å². The number of para-hydroxylation sites is 1. The summed E-state index contributed by atoms with van der Waals surface area (Å²) >= 11 is 0. The standard InChI is InChI=1S/C21H23N3/c1-4-17-8-5-6-10-21(17)22-16-20-9-7-15-24(20)19-13-11-18(12-14-19)23(2)3/h5-16H,4H2,1-3H3. The molecule has 1 heterocycles. The number of aromatic nitrogens is 1. The van der Waals surface area contributed by atoms with Crippen molar-refractivity contribution in [2.75, 3.05) is 19.0 Å². The van der Waals surface area contributed by atoms with Gasteiger partial charge in [0.1, 0.15) is 0 Å². The van der Waals surface area contributed by atoms with Crippen molar-refractivity contribution in [3.63, 3.8) is 0 Å². The fourth-order valence-corrected chi connectivity index (χ4v) is 2.72. The molecule has 0 N–H and O–H groups in total. The number of aryl methyl sites for hydroxylation is 1. The highest BCUT2D eigenvalue weighted by atomic mass is 15.1. The third-order valence-electron chi connectivity index (χ3n) is 4.13. The Labute approximate surface area is 143 Å². The average molecular weight is 317 g/mol. The second-order valence-corrected chi connectivity index (χ2v) is 5.95. The van der Waals surface area contributed by atoms with Gasteiger partial charge in [-0.3, -0.25) is 4.99 Å². The molecule has 0 saturated carbocycles. The van der Waals surface area contributed by atoms with E-state index in [-0.39, 0.29) is 0 Å². The average Bonchev–Trinajstić information content (AvgIpc) is 3.08. The lowest BCUT2D eigenvalue weighted by Gasteiger charge is -2.13. The molecule has 0 aliphatic carbocycles. The molecule has 0 fully saturated rings. The third-order valence-corrected chi connectivity index (χ3v) is 4.13. The Bertz CT molecular complexity index is 826. The van der Waals surface area contributed by atoms with E-state index in [1.54, 1.807) is 0 Å². The van der Waals surface area contributed by atoms with Gasteiger partial charge in [0.15, 0.2) is 0 Å². The van der Waals surface area contributed by atoms with Gasteiger partial charge in [0, 0.05) is 31.7 Å². The van der Waals surface area contributed by atoms with Crippen LogP contribution >= 0.6 is 0 Å². The van der Waals surface area contributed by atoms with Gasteiger partial charge in [-0.1, -0.05) is 25.1 Å². The van der Waals surface area contributed by atoms with Crippen LogP contribution in [0.2, 0.25) is 0 Å². The van der Waals surface area contributed by atoms with Gasteiger partial charge in [0.25, 0.3) is 0 Å². The fraction of sp³-hybridized carbons (Fsp3) is 0.190. The summed E-state index contributed by atoms with van der Waals surface area (Å²) in [6.07, 6.45) is 4.99. The summed E-state index contributed by atoms with van der Waals surface area (Å²) in [5.74, 6) is 0. The van der Waals surface area contributed by atoms with Crippen LogP contribution in [-0.2, 0) is 6.42 Å². The molecule has 1 aromatic heterocycles. The minimum absolute atomic E-state index is 0.987. The monoisotopic (exact) mass is 317 g/mol. The van der Waals surface area contributed by atoms with Crippen LogP contribution in [0.4, 0.5) is 11.4 Å². The number of anilines is 1. The zero-order chi connectivity index (χ0) is 16.9. The van der Waals surface area contributed by atoms with Crippen LogP contribution in [0.5, 0.6) is 0 Å². The third kappa shape index (κ3) is 3.40. The lowest BCUT2D eigenvalue weighted by Crippen LogP contribution is -2.08. The number of aliphatic imine (C=N–C) groups is 1. The zero-order valence-corrected chi connectivity index (χ0v) is 14.5. The molecule has 0 saturated heterocycles. The summed E-state index contributed by atoms with van der Waals surface area (Å²) in [6.45, 7) is 2.16. The van der Waals surface area contributed by atoms with Crippen LogP contribution < -0.4 is 4.90 Å². The first-order valence-corrected chi connectivity index (χ1v) is 8.26. The van der Waals surface area contributed by atoms with E-state index in [2.05, 4.69) is 71.1 Å². The lowest BCUT2D eigenvalue weighted by atomic mass is 10.1. The van der Waals surface area contributed by atoms with E-state index in [1.165, 1.54) is 11.3 Å². The molecule has 0 atom stereocenters. The Morgan fingerprint density at radius 1 is 0.958 bits per heavy atom. The van der Waals surface area contributed by atoms with E-state index in [4.69, 9.17) is 4.99 Å². The molecule has 3 rings (SSSR count). The quantitative estimate of drug-likeness (QED) is 0.616.